The van der Waals surface area contributed by atoms with Crippen molar-refractivity contribution >= 4 is 23.2 Å². The number of nitrogens with one attached hydrogen (secondary N) is 1. The van der Waals surface area contributed by atoms with Crippen LogP contribution in [0.3, 0.4) is 0 Å². The molecule has 0 aliphatic heterocycles. The quantitative estimate of drug-likeness (QED) is 0.468. The van der Waals surface area contributed by atoms with Crippen molar-refractivity contribution in [3.05, 3.63) is 111 Å². The van der Waals surface area contributed by atoms with Crippen LogP contribution < -0.4 is 5.43 Å². The molecule has 0 saturated carbocycles. The second-order valence-corrected chi connectivity index (χ2v) is 6.60. The average Bonchev–Trinajstić information content (AvgIpc) is 2.69. The van der Waals surface area contributed by atoms with Gasteiger partial charge in [0.15, 0.2) is 0 Å². The summed E-state index contributed by atoms with van der Waals surface area (Å²) >= 11 is 6.10. The van der Waals surface area contributed by atoms with Gasteiger partial charge < -0.3 is 0 Å². The van der Waals surface area contributed by atoms with E-state index in [0.717, 1.165) is 11.1 Å². The fourth-order valence-corrected chi connectivity index (χ4v) is 2.95. The van der Waals surface area contributed by atoms with Crippen LogP contribution >= 0.6 is 11.6 Å². The van der Waals surface area contributed by atoms with Gasteiger partial charge in [0, 0.05) is 25.2 Å². The molecule has 0 aliphatic rings. The van der Waals surface area contributed by atoms with Crippen LogP contribution in [-0.2, 0) is 13.1 Å². The molecule has 3 rings (SSSR count). The molecule has 6 nitrogen and oxygen atoms in total. The Morgan fingerprint density at radius 2 is 1.46 bits per heavy atom. The van der Waals surface area contributed by atoms with Gasteiger partial charge in [-0.3, -0.25) is 20.3 Å². The topological polar surface area (TPSA) is 75.5 Å². The highest BCUT2D eigenvalue weighted by molar-refractivity contribution is 6.33. The number of benzene rings is 3. The number of nitro groups is 1. The molecular weight excluding hydrogens is 378 g/mol. The SMILES string of the molecule is O=C(NN(Cc1ccccc1)Cc1ccccc1)c1cc([N+](=O)[O-])ccc1Cl. The zero-order valence-electron chi connectivity index (χ0n) is 14.9. The lowest BCUT2D eigenvalue weighted by atomic mass is 10.2. The lowest BCUT2D eigenvalue weighted by Crippen LogP contribution is -2.41. The van der Waals surface area contributed by atoms with Gasteiger partial charge in [0.05, 0.1) is 15.5 Å². The van der Waals surface area contributed by atoms with E-state index in [0.29, 0.717) is 13.1 Å². The first-order valence-corrected chi connectivity index (χ1v) is 8.98. The van der Waals surface area contributed by atoms with E-state index in [1.807, 2.05) is 60.7 Å². The molecule has 3 aromatic rings. The Morgan fingerprint density at radius 3 is 1.96 bits per heavy atom. The van der Waals surface area contributed by atoms with E-state index in [-0.39, 0.29) is 16.3 Å². The molecule has 0 fully saturated rings. The Hall–Kier alpha value is -3.22. The van der Waals surface area contributed by atoms with Gasteiger partial charge in [0.25, 0.3) is 11.6 Å². The summed E-state index contributed by atoms with van der Waals surface area (Å²) in [6, 6.07) is 23.2. The van der Waals surface area contributed by atoms with Crippen LogP contribution in [0.25, 0.3) is 0 Å². The number of rotatable bonds is 7. The van der Waals surface area contributed by atoms with E-state index in [4.69, 9.17) is 11.6 Å². The number of hydrogen-bond donors (Lipinski definition) is 1. The van der Waals surface area contributed by atoms with Gasteiger partial charge in [-0.1, -0.05) is 72.3 Å². The maximum Gasteiger partial charge on any atom is 0.270 e. The fourth-order valence-electron chi connectivity index (χ4n) is 2.75. The third kappa shape index (κ3) is 5.16. The molecule has 1 amide bonds. The number of hydrazine groups is 1. The van der Waals surface area contributed by atoms with Crippen LogP contribution in [0, 0.1) is 10.1 Å². The lowest BCUT2D eigenvalue weighted by molar-refractivity contribution is -0.384. The van der Waals surface area contributed by atoms with Crippen LogP contribution in [0.4, 0.5) is 5.69 Å². The Morgan fingerprint density at radius 1 is 0.929 bits per heavy atom. The second kappa shape index (κ2) is 9.12. The van der Waals surface area contributed by atoms with Crippen molar-refractivity contribution < 1.29 is 9.72 Å². The normalized spacial score (nSPS) is 10.6. The molecule has 1 N–H and O–H groups in total. The predicted octanol–water partition coefficient (Wildman–Crippen LogP) is 4.60. The number of non-ortho nitro benzene ring substituents is 1. The minimum Gasteiger partial charge on any atom is -0.284 e. The summed E-state index contributed by atoms with van der Waals surface area (Å²) in [4.78, 5) is 23.2. The van der Waals surface area contributed by atoms with E-state index in [1.54, 1.807) is 5.01 Å². The summed E-state index contributed by atoms with van der Waals surface area (Å²) in [5.74, 6) is -0.499. The van der Waals surface area contributed by atoms with Gasteiger partial charge >= 0.3 is 0 Å². The molecule has 142 valence electrons. The van der Waals surface area contributed by atoms with Gasteiger partial charge in [-0.2, -0.15) is 0 Å². The van der Waals surface area contributed by atoms with Crippen LogP contribution in [0.15, 0.2) is 78.9 Å². The largest absolute Gasteiger partial charge is 0.284 e. The average molecular weight is 396 g/mol. The Kier molecular flexibility index (Phi) is 6.37. The lowest BCUT2D eigenvalue weighted by Gasteiger charge is -2.23. The second-order valence-electron chi connectivity index (χ2n) is 6.19. The first-order chi connectivity index (χ1) is 13.5. The zero-order valence-corrected chi connectivity index (χ0v) is 15.7. The summed E-state index contributed by atoms with van der Waals surface area (Å²) < 4.78 is 0. The molecule has 0 aromatic heterocycles. The van der Waals surface area contributed by atoms with Gasteiger partial charge in [-0.25, -0.2) is 5.01 Å². The van der Waals surface area contributed by atoms with Gasteiger partial charge in [-0.05, 0) is 17.2 Å². The van der Waals surface area contributed by atoms with E-state index in [2.05, 4.69) is 5.43 Å². The number of carbonyl (C=O) groups is 1. The van der Waals surface area contributed by atoms with E-state index >= 15 is 0 Å². The first-order valence-electron chi connectivity index (χ1n) is 8.60. The third-order valence-electron chi connectivity index (χ3n) is 4.10. The monoisotopic (exact) mass is 395 g/mol. The maximum absolute atomic E-state index is 12.8. The highest BCUT2D eigenvalue weighted by Gasteiger charge is 2.18. The molecule has 0 radical (unpaired) electrons. The first kappa shape index (κ1) is 19.5. The Balaban J connectivity index is 1.83. The number of hydrogen-bond acceptors (Lipinski definition) is 4. The summed E-state index contributed by atoms with van der Waals surface area (Å²) in [5.41, 5.74) is 4.73. The van der Waals surface area contributed by atoms with Crippen LogP contribution in [-0.4, -0.2) is 15.8 Å². The fraction of sp³-hybridized carbons (Fsp3) is 0.0952. The summed E-state index contributed by atoms with van der Waals surface area (Å²) in [6.45, 7) is 0.933. The van der Waals surface area contributed by atoms with Crippen molar-refractivity contribution in [2.75, 3.05) is 0 Å². The van der Waals surface area contributed by atoms with Crippen LogP contribution in [0.1, 0.15) is 21.5 Å². The Bertz CT molecular complexity index is 924. The van der Waals surface area contributed by atoms with E-state index < -0.39 is 10.8 Å². The predicted molar refractivity (Wildman–Crippen MR) is 108 cm³/mol. The highest BCUT2D eigenvalue weighted by atomic mass is 35.5. The minimum absolute atomic E-state index is 0.0574. The number of halogens is 1. The molecule has 7 heteroatoms. The third-order valence-corrected chi connectivity index (χ3v) is 4.43. The van der Waals surface area contributed by atoms with Crippen molar-refractivity contribution in [1.82, 2.24) is 10.4 Å². The van der Waals surface area contributed by atoms with Crippen molar-refractivity contribution in [2.24, 2.45) is 0 Å². The summed E-state index contributed by atoms with van der Waals surface area (Å²) in [5, 5.41) is 12.9. The summed E-state index contributed by atoms with van der Waals surface area (Å²) in [6.07, 6.45) is 0. The maximum atomic E-state index is 12.8. The zero-order chi connectivity index (χ0) is 19.9. The molecule has 0 atom stereocenters. The number of carbonyl (C=O) groups excluding carboxylic acids is 1. The molecular formula is C21H18ClN3O3. The van der Waals surface area contributed by atoms with Gasteiger partial charge in [0.2, 0.25) is 0 Å². The van der Waals surface area contributed by atoms with Crippen molar-refractivity contribution in [3.8, 4) is 0 Å². The van der Waals surface area contributed by atoms with Gasteiger partial charge in [0.1, 0.15) is 0 Å². The van der Waals surface area contributed by atoms with Gasteiger partial charge in [-0.15, -0.1) is 0 Å². The summed E-state index contributed by atoms with van der Waals surface area (Å²) in [7, 11) is 0. The highest BCUT2D eigenvalue weighted by Crippen LogP contribution is 2.22. The molecule has 0 heterocycles. The molecule has 3 aromatic carbocycles. The number of nitrogens with zero attached hydrogens (tertiary/aromatic N) is 2. The number of nitro benzene ring substituents is 1. The van der Waals surface area contributed by atoms with Crippen LogP contribution in [0.5, 0.6) is 0 Å². The molecule has 0 unspecified atom stereocenters. The minimum atomic E-state index is -0.557. The van der Waals surface area contributed by atoms with Crippen LogP contribution in [0.2, 0.25) is 5.02 Å². The molecule has 0 aliphatic carbocycles. The Labute approximate surface area is 167 Å². The van der Waals surface area contributed by atoms with Crippen molar-refractivity contribution in [3.63, 3.8) is 0 Å². The molecule has 28 heavy (non-hydrogen) atoms. The molecule has 0 saturated heterocycles. The molecule has 0 bridgehead atoms. The standard InChI is InChI=1S/C21H18ClN3O3/c22-20-12-11-18(25(27)28)13-19(20)21(26)23-24(14-16-7-3-1-4-8-16)15-17-9-5-2-6-10-17/h1-13H,14-15H2,(H,23,26). The number of amides is 1. The van der Waals surface area contributed by atoms with Crippen molar-refractivity contribution in [1.29, 1.82) is 0 Å². The van der Waals surface area contributed by atoms with E-state index in [9.17, 15) is 14.9 Å². The smallest absolute Gasteiger partial charge is 0.270 e. The van der Waals surface area contributed by atoms with E-state index in [1.165, 1.54) is 18.2 Å². The van der Waals surface area contributed by atoms with Crippen molar-refractivity contribution in [2.45, 2.75) is 13.1 Å². The molecule has 0 spiro atoms.